The van der Waals surface area contributed by atoms with E-state index in [1.165, 1.54) is 0 Å². The minimum Gasteiger partial charge on any atom is -0.383 e. The van der Waals surface area contributed by atoms with E-state index in [0.717, 1.165) is 11.4 Å². The largest absolute Gasteiger partial charge is 0.383 e. The number of benzene rings is 1. The SMILES string of the molecule is CCC(=O)Nc1ccc(NC(COC)C(C)C)cc1. The van der Waals surface area contributed by atoms with Gasteiger partial charge in [0.15, 0.2) is 0 Å². The Morgan fingerprint density at radius 2 is 1.79 bits per heavy atom. The van der Waals surface area contributed by atoms with Gasteiger partial charge in [-0.05, 0) is 30.2 Å². The van der Waals surface area contributed by atoms with Gasteiger partial charge < -0.3 is 15.4 Å². The normalized spacial score (nSPS) is 12.3. The number of rotatable bonds is 7. The van der Waals surface area contributed by atoms with Crippen LogP contribution in [-0.2, 0) is 9.53 Å². The van der Waals surface area contributed by atoms with Crippen molar-refractivity contribution in [3.63, 3.8) is 0 Å². The van der Waals surface area contributed by atoms with Crippen molar-refractivity contribution in [2.75, 3.05) is 24.4 Å². The molecule has 1 amide bonds. The molecule has 0 saturated heterocycles. The maximum Gasteiger partial charge on any atom is 0.224 e. The zero-order chi connectivity index (χ0) is 14.3. The van der Waals surface area contributed by atoms with Crippen molar-refractivity contribution in [1.29, 1.82) is 0 Å². The second-order valence-electron chi connectivity index (χ2n) is 4.93. The van der Waals surface area contributed by atoms with Crippen LogP contribution in [0.3, 0.4) is 0 Å². The molecule has 2 N–H and O–H groups in total. The smallest absolute Gasteiger partial charge is 0.224 e. The van der Waals surface area contributed by atoms with E-state index in [1.54, 1.807) is 7.11 Å². The van der Waals surface area contributed by atoms with Crippen molar-refractivity contribution in [2.24, 2.45) is 5.92 Å². The molecule has 1 aromatic carbocycles. The molecule has 4 nitrogen and oxygen atoms in total. The fourth-order valence-electron chi connectivity index (χ4n) is 1.69. The number of nitrogens with one attached hydrogen (secondary N) is 2. The van der Waals surface area contributed by atoms with E-state index < -0.39 is 0 Å². The summed E-state index contributed by atoms with van der Waals surface area (Å²) in [5.41, 5.74) is 1.86. The highest BCUT2D eigenvalue weighted by molar-refractivity contribution is 5.90. The standard InChI is InChI=1S/C15H24N2O2/c1-5-15(18)17-13-8-6-12(7-9-13)16-14(10-19-4)11(2)3/h6-9,11,14,16H,5,10H2,1-4H3,(H,17,18). The van der Waals surface area contributed by atoms with E-state index in [0.29, 0.717) is 18.9 Å². The van der Waals surface area contributed by atoms with Crippen molar-refractivity contribution in [3.05, 3.63) is 24.3 Å². The Hall–Kier alpha value is -1.55. The molecular weight excluding hydrogens is 240 g/mol. The first-order valence-corrected chi connectivity index (χ1v) is 6.72. The third kappa shape index (κ3) is 5.30. The first-order chi connectivity index (χ1) is 9.06. The molecule has 0 radical (unpaired) electrons. The van der Waals surface area contributed by atoms with Crippen LogP contribution in [-0.4, -0.2) is 25.7 Å². The summed E-state index contributed by atoms with van der Waals surface area (Å²) in [6.07, 6.45) is 0.489. The lowest BCUT2D eigenvalue weighted by atomic mass is 10.1. The molecule has 0 bridgehead atoms. The lowest BCUT2D eigenvalue weighted by Gasteiger charge is -2.22. The van der Waals surface area contributed by atoms with Gasteiger partial charge in [0.25, 0.3) is 0 Å². The van der Waals surface area contributed by atoms with Gasteiger partial charge in [0.2, 0.25) is 5.91 Å². The summed E-state index contributed by atoms with van der Waals surface area (Å²) in [6.45, 7) is 6.83. The fraction of sp³-hybridized carbons (Fsp3) is 0.533. The van der Waals surface area contributed by atoms with Gasteiger partial charge >= 0.3 is 0 Å². The van der Waals surface area contributed by atoms with Crippen molar-refractivity contribution in [3.8, 4) is 0 Å². The molecule has 1 atom stereocenters. The van der Waals surface area contributed by atoms with Crippen molar-refractivity contribution >= 4 is 17.3 Å². The molecule has 0 aliphatic rings. The first kappa shape index (κ1) is 15.5. The maximum atomic E-state index is 11.3. The molecule has 19 heavy (non-hydrogen) atoms. The number of carbonyl (C=O) groups excluding carboxylic acids is 1. The van der Waals surface area contributed by atoms with Gasteiger partial charge in [-0.15, -0.1) is 0 Å². The Balaban J connectivity index is 2.62. The Morgan fingerprint density at radius 1 is 1.21 bits per heavy atom. The number of carbonyl (C=O) groups is 1. The zero-order valence-corrected chi connectivity index (χ0v) is 12.2. The van der Waals surface area contributed by atoms with Crippen LogP contribution in [0.5, 0.6) is 0 Å². The van der Waals surface area contributed by atoms with E-state index in [-0.39, 0.29) is 11.9 Å². The first-order valence-electron chi connectivity index (χ1n) is 6.72. The predicted octanol–water partition coefficient (Wildman–Crippen LogP) is 3.12. The molecule has 1 rings (SSSR count). The molecule has 1 aromatic rings. The van der Waals surface area contributed by atoms with Gasteiger partial charge in [-0.25, -0.2) is 0 Å². The van der Waals surface area contributed by atoms with Crippen molar-refractivity contribution in [2.45, 2.75) is 33.2 Å². The minimum atomic E-state index is 0.0279. The van der Waals surface area contributed by atoms with Gasteiger partial charge in [-0.1, -0.05) is 20.8 Å². The van der Waals surface area contributed by atoms with Crippen LogP contribution in [0.15, 0.2) is 24.3 Å². The predicted molar refractivity (Wildman–Crippen MR) is 79.5 cm³/mol. The van der Waals surface area contributed by atoms with Gasteiger partial charge in [0.05, 0.1) is 12.6 Å². The molecule has 0 aliphatic heterocycles. The second kappa shape index (κ2) is 7.79. The van der Waals surface area contributed by atoms with Crippen molar-refractivity contribution in [1.82, 2.24) is 0 Å². The van der Waals surface area contributed by atoms with Crippen LogP contribution in [0.2, 0.25) is 0 Å². The Labute approximate surface area is 115 Å². The van der Waals surface area contributed by atoms with Crippen LogP contribution in [0, 0.1) is 5.92 Å². The number of hydrogen-bond acceptors (Lipinski definition) is 3. The number of ether oxygens (including phenoxy) is 1. The average Bonchev–Trinajstić information content (AvgIpc) is 2.40. The summed E-state index contributed by atoms with van der Waals surface area (Å²) in [7, 11) is 1.71. The zero-order valence-electron chi connectivity index (χ0n) is 12.2. The van der Waals surface area contributed by atoms with Crippen LogP contribution in [0.25, 0.3) is 0 Å². The number of amides is 1. The molecule has 0 aromatic heterocycles. The van der Waals surface area contributed by atoms with Gasteiger partial charge in [-0.2, -0.15) is 0 Å². The molecule has 4 heteroatoms. The average molecular weight is 264 g/mol. The quantitative estimate of drug-likeness (QED) is 0.795. The van der Waals surface area contributed by atoms with E-state index in [1.807, 2.05) is 31.2 Å². The third-order valence-corrected chi connectivity index (χ3v) is 2.99. The Morgan fingerprint density at radius 3 is 2.26 bits per heavy atom. The number of anilines is 2. The summed E-state index contributed by atoms with van der Waals surface area (Å²) < 4.78 is 5.21. The highest BCUT2D eigenvalue weighted by Crippen LogP contribution is 2.17. The van der Waals surface area contributed by atoms with E-state index >= 15 is 0 Å². The molecule has 1 unspecified atom stereocenters. The molecule has 0 heterocycles. The third-order valence-electron chi connectivity index (χ3n) is 2.99. The van der Waals surface area contributed by atoms with E-state index in [9.17, 15) is 4.79 Å². The van der Waals surface area contributed by atoms with Crippen LogP contribution in [0.1, 0.15) is 27.2 Å². The molecule has 0 aliphatic carbocycles. The monoisotopic (exact) mass is 264 g/mol. The Bertz CT molecular complexity index is 388. The summed E-state index contributed by atoms with van der Waals surface area (Å²) in [5, 5.41) is 6.26. The van der Waals surface area contributed by atoms with Crippen LogP contribution >= 0.6 is 0 Å². The van der Waals surface area contributed by atoms with Crippen LogP contribution < -0.4 is 10.6 Å². The summed E-state index contributed by atoms with van der Waals surface area (Å²) in [6, 6.07) is 8.02. The summed E-state index contributed by atoms with van der Waals surface area (Å²) in [5.74, 6) is 0.513. The van der Waals surface area contributed by atoms with Gasteiger partial charge in [0, 0.05) is 24.9 Å². The number of methoxy groups -OCH3 is 1. The number of hydrogen-bond donors (Lipinski definition) is 2. The van der Waals surface area contributed by atoms with Crippen molar-refractivity contribution < 1.29 is 9.53 Å². The lowest BCUT2D eigenvalue weighted by Crippen LogP contribution is -2.30. The summed E-state index contributed by atoms with van der Waals surface area (Å²) >= 11 is 0. The van der Waals surface area contributed by atoms with E-state index in [4.69, 9.17) is 4.74 Å². The van der Waals surface area contributed by atoms with Gasteiger partial charge in [-0.3, -0.25) is 4.79 Å². The highest BCUT2D eigenvalue weighted by Gasteiger charge is 2.12. The molecular formula is C15H24N2O2. The van der Waals surface area contributed by atoms with Gasteiger partial charge in [0.1, 0.15) is 0 Å². The second-order valence-corrected chi connectivity index (χ2v) is 4.93. The minimum absolute atomic E-state index is 0.0279. The molecule has 0 saturated carbocycles. The molecule has 106 valence electrons. The topological polar surface area (TPSA) is 50.4 Å². The Kier molecular flexibility index (Phi) is 6.36. The summed E-state index contributed by atoms with van der Waals surface area (Å²) in [4.78, 5) is 11.3. The lowest BCUT2D eigenvalue weighted by molar-refractivity contribution is -0.115. The highest BCUT2D eigenvalue weighted by atomic mass is 16.5. The molecule has 0 fully saturated rings. The van der Waals surface area contributed by atoms with Crippen LogP contribution in [0.4, 0.5) is 11.4 Å². The van der Waals surface area contributed by atoms with E-state index in [2.05, 4.69) is 24.5 Å². The fourth-order valence-corrected chi connectivity index (χ4v) is 1.69. The molecule has 0 spiro atoms. The maximum absolute atomic E-state index is 11.3.